The number of hydrogen-bond donors (Lipinski definition) is 2. The Morgan fingerprint density at radius 3 is 2.40 bits per heavy atom. The van der Waals surface area contributed by atoms with Crippen LogP contribution >= 0.6 is 0 Å². The van der Waals surface area contributed by atoms with Gasteiger partial charge >= 0.3 is 0 Å². The lowest BCUT2D eigenvalue weighted by Crippen LogP contribution is -2.27. The molecule has 3 nitrogen and oxygen atoms in total. The molecule has 1 aliphatic rings. The van der Waals surface area contributed by atoms with Crippen LogP contribution in [0.5, 0.6) is 0 Å². The molecule has 3 heteroatoms. The molecule has 10 heavy (non-hydrogen) atoms. The van der Waals surface area contributed by atoms with Crippen LogP contribution in [0.2, 0.25) is 0 Å². The van der Waals surface area contributed by atoms with Gasteiger partial charge in [0.05, 0.1) is 0 Å². The van der Waals surface area contributed by atoms with Crippen LogP contribution in [0, 0.1) is 11.3 Å². The number of hydroxylamine groups is 2. The minimum Gasteiger partial charge on any atom is -0.288 e. The van der Waals surface area contributed by atoms with Gasteiger partial charge in [-0.05, 0) is 12.8 Å². The van der Waals surface area contributed by atoms with E-state index in [2.05, 4.69) is 0 Å². The normalized spacial score (nSPS) is 19.4. The molecule has 0 aromatic heterocycles. The zero-order valence-corrected chi connectivity index (χ0v) is 6.30. The average Bonchev–Trinajstić information content (AvgIpc) is 2.36. The first-order chi connectivity index (χ1) is 4.72. The maximum absolute atomic E-state index is 8.89. The monoisotopic (exact) mass is 142 g/mol. The standard InChI is InChI=1S/C7H14N2O/c1-9(10)7(8)6-4-2-3-5-6/h6,8,10H,2-5H2,1H3. The molecule has 0 amide bonds. The van der Waals surface area contributed by atoms with Crippen LogP contribution < -0.4 is 0 Å². The van der Waals surface area contributed by atoms with Crippen molar-refractivity contribution in [3.8, 4) is 0 Å². The minimum absolute atomic E-state index is 0.315. The van der Waals surface area contributed by atoms with Crippen molar-refractivity contribution in [2.24, 2.45) is 5.92 Å². The highest BCUT2D eigenvalue weighted by atomic mass is 16.5. The molecule has 0 aliphatic heterocycles. The first-order valence-corrected chi connectivity index (χ1v) is 3.73. The average molecular weight is 142 g/mol. The quantitative estimate of drug-likeness (QED) is 0.331. The number of rotatable bonds is 1. The molecule has 1 fully saturated rings. The first kappa shape index (κ1) is 7.54. The van der Waals surface area contributed by atoms with Crippen LogP contribution in [-0.4, -0.2) is 23.2 Å². The third-order valence-electron chi connectivity index (χ3n) is 2.09. The summed E-state index contributed by atoms with van der Waals surface area (Å²) in [7, 11) is 1.51. The fraction of sp³-hybridized carbons (Fsp3) is 0.857. The lowest BCUT2D eigenvalue weighted by Gasteiger charge is -2.16. The van der Waals surface area contributed by atoms with Crippen molar-refractivity contribution in [1.82, 2.24) is 5.06 Å². The van der Waals surface area contributed by atoms with Crippen molar-refractivity contribution < 1.29 is 5.21 Å². The maximum atomic E-state index is 8.89. The Balaban J connectivity index is 2.40. The summed E-state index contributed by atoms with van der Waals surface area (Å²) in [6, 6.07) is 0. The molecule has 1 aliphatic carbocycles. The highest BCUT2D eigenvalue weighted by Crippen LogP contribution is 2.25. The van der Waals surface area contributed by atoms with Gasteiger partial charge in [0.25, 0.3) is 0 Å². The lowest BCUT2D eigenvalue weighted by molar-refractivity contribution is 0.00649. The minimum atomic E-state index is 0.315. The summed E-state index contributed by atoms with van der Waals surface area (Å²) in [6.07, 6.45) is 4.56. The van der Waals surface area contributed by atoms with Crippen molar-refractivity contribution in [2.75, 3.05) is 7.05 Å². The van der Waals surface area contributed by atoms with Crippen LogP contribution in [0.25, 0.3) is 0 Å². The summed E-state index contributed by atoms with van der Waals surface area (Å²) in [5.74, 6) is 0.688. The summed E-state index contributed by atoms with van der Waals surface area (Å²) in [5, 5.41) is 17.2. The van der Waals surface area contributed by atoms with Crippen LogP contribution in [0.4, 0.5) is 0 Å². The van der Waals surface area contributed by atoms with E-state index in [0.717, 1.165) is 17.9 Å². The Kier molecular flexibility index (Phi) is 2.27. The molecule has 0 aromatic rings. The lowest BCUT2D eigenvalue weighted by atomic mass is 10.1. The zero-order chi connectivity index (χ0) is 7.56. The number of amidine groups is 1. The van der Waals surface area contributed by atoms with Gasteiger partial charge in [-0.2, -0.15) is 0 Å². The molecular formula is C7H14N2O. The third kappa shape index (κ3) is 1.48. The molecule has 0 radical (unpaired) electrons. The van der Waals surface area contributed by atoms with Crippen LogP contribution in [-0.2, 0) is 0 Å². The van der Waals surface area contributed by atoms with E-state index in [1.165, 1.54) is 19.9 Å². The van der Waals surface area contributed by atoms with E-state index in [4.69, 9.17) is 10.6 Å². The second kappa shape index (κ2) is 3.01. The van der Waals surface area contributed by atoms with E-state index in [9.17, 15) is 0 Å². The Hall–Kier alpha value is -0.570. The topological polar surface area (TPSA) is 47.3 Å². The van der Waals surface area contributed by atoms with E-state index >= 15 is 0 Å². The maximum Gasteiger partial charge on any atom is 0.123 e. The molecule has 0 unspecified atom stereocenters. The van der Waals surface area contributed by atoms with Crippen LogP contribution in [0.1, 0.15) is 25.7 Å². The van der Waals surface area contributed by atoms with Crippen molar-refractivity contribution in [3.05, 3.63) is 0 Å². The SMILES string of the molecule is CN(O)C(=N)C1CCCC1. The highest BCUT2D eigenvalue weighted by Gasteiger charge is 2.21. The molecule has 0 spiro atoms. The number of nitrogens with one attached hydrogen (secondary N) is 1. The van der Waals surface area contributed by atoms with Gasteiger partial charge < -0.3 is 0 Å². The molecule has 1 saturated carbocycles. The Bertz CT molecular complexity index is 128. The van der Waals surface area contributed by atoms with Crippen molar-refractivity contribution in [1.29, 1.82) is 5.41 Å². The Morgan fingerprint density at radius 2 is 2.00 bits per heavy atom. The molecule has 0 aromatic carbocycles. The summed E-state index contributed by atoms with van der Waals surface area (Å²) < 4.78 is 0. The van der Waals surface area contributed by atoms with Crippen molar-refractivity contribution in [2.45, 2.75) is 25.7 Å². The molecule has 1 rings (SSSR count). The Morgan fingerprint density at radius 1 is 1.50 bits per heavy atom. The fourth-order valence-corrected chi connectivity index (χ4v) is 1.46. The zero-order valence-electron chi connectivity index (χ0n) is 6.30. The van der Waals surface area contributed by atoms with E-state index in [1.807, 2.05) is 0 Å². The fourth-order valence-electron chi connectivity index (χ4n) is 1.46. The van der Waals surface area contributed by atoms with Gasteiger partial charge in [0.15, 0.2) is 0 Å². The van der Waals surface area contributed by atoms with Crippen molar-refractivity contribution >= 4 is 5.84 Å². The van der Waals surface area contributed by atoms with Gasteiger partial charge in [0.2, 0.25) is 0 Å². The summed E-state index contributed by atoms with van der Waals surface area (Å²) in [5.41, 5.74) is 0. The van der Waals surface area contributed by atoms with Gasteiger partial charge in [-0.3, -0.25) is 10.6 Å². The van der Waals surface area contributed by atoms with Crippen molar-refractivity contribution in [3.63, 3.8) is 0 Å². The van der Waals surface area contributed by atoms with E-state index in [1.54, 1.807) is 0 Å². The van der Waals surface area contributed by atoms with E-state index in [0.29, 0.717) is 11.8 Å². The number of hydrogen-bond acceptors (Lipinski definition) is 2. The van der Waals surface area contributed by atoms with Gasteiger partial charge in [0.1, 0.15) is 5.84 Å². The van der Waals surface area contributed by atoms with Crippen LogP contribution in [0.15, 0.2) is 0 Å². The van der Waals surface area contributed by atoms with E-state index < -0.39 is 0 Å². The predicted octanol–water partition coefficient (Wildman–Crippen LogP) is 1.47. The molecule has 0 heterocycles. The Labute approximate surface area is 61.1 Å². The highest BCUT2D eigenvalue weighted by molar-refractivity contribution is 5.80. The molecule has 0 atom stereocenters. The molecule has 58 valence electrons. The molecule has 2 N–H and O–H groups in total. The predicted molar refractivity (Wildman–Crippen MR) is 39.2 cm³/mol. The van der Waals surface area contributed by atoms with Gasteiger partial charge in [-0.1, -0.05) is 12.8 Å². The molecule has 0 bridgehead atoms. The first-order valence-electron chi connectivity index (χ1n) is 3.73. The van der Waals surface area contributed by atoms with Gasteiger partial charge in [-0.15, -0.1) is 0 Å². The molecule has 0 saturated heterocycles. The van der Waals surface area contributed by atoms with E-state index in [-0.39, 0.29) is 0 Å². The summed E-state index contributed by atoms with van der Waals surface area (Å²) in [4.78, 5) is 0. The molecular weight excluding hydrogens is 128 g/mol. The largest absolute Gasteiger partial charge is 0.288 e. The smallest absolute Gasteiger partial charge is 0.123 e. The second-order valence-corrected chi connectivity index (χ2v) is 2.89. The summed E-state index contributed by atoms with van der Waals surface area (Å²) >= 11 is 0. The van der Waals surface area contributed by atoms with Crippen LogP contribution in [0.3, 0.4) is 0 Å². The number of nitrogens with zero attached hydrogens (tertiary/aromatic N) is 1. The second-order valence-electron chi connectivity index (χ2n) is 2.89. The summed E-state index contributed by atoms with van der Waals surface area (Å²) in [6.45, 7) is 0. The van der Waals surface area contributed by atoms with Gasteiger partial charge in [-0.25, -0.2) is 5.06 Å². The van der Waals surface area contributed by atoms with Gasteiger partial charge in [0, 0.05) is 13.0 Å². The third-order valence-corrected chi connectivity index (χ3v) is 2.09.